The standard InChI is InChI=1S/C21H33NO3/c1-2-3-4-5-6-7-8-9-10-11-12-13-20(24)22-21(25)18-14-16-19(23)17-15-18/h14-17,23H,2-13H2,1H3,(H,22,24,25). The Balaban J connectivity index is 1.98. The van der Waals surface area contributed by atoms with E-state index in [1.807, 2.05) is 0 Å². The highest BCUT2D eigenvalue weighted by molar-refractivity contribution is 6.04. The van der Waals surface area contributed by atoms with Crippen molar-refractivity contribution < 1.29 is 14.7 Å². The molecule has 25 heavy (non-hydrogen) atoms. The van der Waals surface area contributed by atoms with Crippen LogP contribution < -0.4 is 5.32 Å². The summed E-state index contributed by atoms with van der Waals surface area (Å²) in [6.07, 6.45) is 14.0. The predicted molar refractivity (Wildman–Crippen MR) is 102 cm³/mol. The summed E-state index contributed by atoms with van der Waals surface area (Å²) in [6, 6.07) is 5.87. The van der Waals surface area contributed by atoms with Crippen molar-refractivity contribution in [2.45, 2.75) is 84.0 Å². The lowest BCUT2D eigenvalue weighted by Gasteiger charge is -2.05. The normalized spacial score (nSPS) is 10.6. The second-order valence-corrected chi connectivity index (χ2v) is 6.71. The summed E-state index contributed by atoms with van der Waals surface area (Å²) in [6.45, 7) is 2.24. The number of unbranched alkanes of at least 4 members (excludes halogenated alkanes) is 10. The maximum atomic E-state index is 11.9. The Morgan fingerprint density at radius 2 is 1.28 bits per heavy atom. The molecule has 0 unspecified atom stereocenters. The van der Waals surface area contributed by atoms with Gasteiger partial charge in [0.2, 0.25) is 5.91 Å². The number of carbonyl (C=O) groups is 2. The number of phenolic OH excluding ortho intramolecular Hbond substituents is 1. The van der Waals surface area contributed by atoms with E-state index in [0.29, 0.717) is 12.0 Å². The van der Waals surface area contributed by atoms with Gasteiger partial charge < -0.3 is 5.11 Å². The summed E-state index contributed by atoms with van der Waals surface area (Å²) >= 11 is 0. The lowest BCUT2D eigenvalue weighted by molar-refractivity contribution is -0.120. The average molecular weight is 347 g/mol. The van der Waals surface area contributed by atoms with Gasteiger partial charge in [-0.05, 0) is 30.7 Å². The molecular formula is C21H33NO3. The van der Waals surface area contributed by atoms with Crippen molar-refractivity contribution in [3.8, 4) is 5.75 Å². The van der Waals surface area contributed by atoms with Crippen LogP contribution in [-0.2, 0) is 4.79 Å². The van der Waals surface area contributed by atoms with E-state index in [2.05, 4.69) is 12.2 Å². The molecule has 0 aromatic heterocycles. The predicted octanol–water partition coefficient (Wildman–Crippen LogP) is 5.35. The Morgan fingerprint density at radius 1 is 0.800 bits per heavy atom. The van der Waals surface area contributed by atoms with E-state index < -0.39 is 5.91 Å². The van der Waals surface area contributed by atoms with Crippen molar-refractivity contribution >= 4 is 11.8 Å². The van der Waals surface area contributed by atoms with Gasteiger partial charge in [0.1, 0.15) is 5.75 Å². The highest BCUT2D eigenvalue weighted by Gasteiger charge is 2.09. The molecule has 0 aliphatic carbocycles. The highest BCUT2D eigenvalue weighted by atomic mass is 16.3. The second kappa shape index (κ2) is 13.5. The highest BCUT2D eigenvalue weighted by Crippen LogP contribution is 2.12. The fourth-order valence-corrected chi connectivity index (χ4v) is 2.82. The molecule has 0 fully saturated rings. The van der Waals surface area contributed by atoms with Crippen LogP contribution in [0.15, 0.2) is 24.3 Å². The Morgan fingerprint density at radius 3 is 1.80 bits per heavy atom. The molecule has 0 bridgehead atoms. The van der Waals surface area contributed by atoms with Gasteiger partial charge in [-0.25, -0.2) is 0 Å². The van der Waals surface area contributed by atoms with Crippen LogP contribution in [0.25, 0.3) is 0 Å². The molecule has 0 saturated heterocycles. The number of nitrogens with one attached hydrogen (secondary N) is 1. The van der Waals surface area contributed by atoms with Crippen molar-refractivity contribution in [3.05, 3.63) is 29.8 Å². The van der Waals surface area contributed by atoms with Crippen molar-refractivity contribution in [3.63, 3.8) is 0 Å². The van der Waals surface area contributed by atoms with Crippen LogP contribution in [0.5, 0.6) is 5.75 Å². The molecular weight excluding hydrogens is 314 g/mol. The molecule has 2 amide bonds. The molecule has 0 saturated carbocycles. The number of amides is 2. The maximum Gasteiger partial charge on any atom is 0.257 e. The molecule has 140 valence electrons. The van der Waals surface area contributed by atoms with Gasteiger partial charge >= 0.3 is 0 Å². The lowest BCUT2D eigenvalue weighted by atomic mass is 10.1. The fourth-order valence-electron chi connectivity index (χ4n) is 2.82. The zero-order chi connectivity index (χ0) is 18.3. The fraction of sp³-hybridized carbons (Fsp3) is 0.619. The smallest absolute Gasteiger partial charge is 0.257 e. The summed E-state index contributed by atoms with van der Waals surface area (Å²) in [5, 5.41) is 11.6. The third-order valence-electron chi connectivity index (χ3n) is 4.39. The molecule has 0 heterocycles. The van der Waals surface area contributed by atoms with Crippen molar-refractivity contribution in [2.75, 3.05) is 0 Å². The number of phenols is 1. The van der Waals surface area contributed by atoms with E-state index >= 15 is 0 Å². The largest absolute Gasteiger partial charge is 0.508 e. The number of carbonyl (C=O) groups excluding carboxylic acids is 2. The Bertz CT molecular complexity index is 496. The van der Waals surface area contributed by atoms with Gasteiger partial charge in [0.15, 0.2) is 0 Å². The molecule has 0 spiro atoms. The average Bonchev–Trinajstić information content (AvgIpc) is 2.60. The minimum atomic E-state index is -0.409. The SMILES string of the molecule is CCCCCCCCCCCCCC(=O)NC(=O)c1ccc(O)cc1. The Labute approximate surface area is 152 Å². The molecule has 1 aromatic rings. The first-order valence-corrected chi connectivity index (χ1v) is 9.76. The van der Waals surface area contributed by atoms with Gasteiger partial charge in [-0.3, -0.25) is 14.9 Å². The van der Waals surface area contributed by atoms with Gasteiger partial charge in [0, 0.05) is 12.0 Å². The van der Waals surface area contributed by atoms with Gasteiger partial charge in [-0.15, -0.1) is 0 Å². The number of hydrogen-bond acceptors (Lipinski definition) is 3. The molecule has 1 aromatic carbocycles. The number of hydrogen-bond donors (Lipinski definition) is 2. The summed E-state index contributed by atoms with van der Waals surface area (Å²) in [7, 11) is 0. The third kappa shape index (κ3) is 10.6. The number of rotatable bonds is 13. The molecule has 4 heteroatoms. The van der Waals surface area contributed by atoms with Gasteiger partial charge in [0.25, 0.3) is 5.91 Å². The lowest BCUT2D eigenvalue weighted by Crippen LogP contribution is -2.30. The van der Waals surface area contributed by atoms with Crippen LogP contribution in [0.4, 0.5) is 0 Å². The van der Waals surface area contributed by atoms with E-state index in [0.717, 1.165) is 19.3 Å². The second-order valence-electron chi connectivity index (χ2n) is 6.71. The third-order valence-corrected chi connectivity index (χ3v) is 4.39. The van der Waals surface area contributed by atoms with Crippen LogP contribution in [0, 0.1) is 0 Å². The zero-order valence-corrected chi connectivity index (χ0v) is 15.6. The number of benzene rings is 1. The molecule has 2 N–H and O–H groups in total. The van der Waals surface area contributed by atoms with Crippen LogP contribution in [0.3, 0.4) is 0 Å². The molecule has 0 atom stereocenters. The molecule has 0 aliphatic rings. The number of imide groups is 1. The minimum absolute atomic E-state index is 0.101. The quantitative estimate of drug-likeness (QED) is 0.473. The first kappa shape index (κ1) is 21.2. The summed E-state index contributed by atoms with van der Waals surface area (Å²) in [5.41, 5.74) is 0.380. The minimum Gasteiger partial charge on any atom is -0.508 e. The maximum absolute atomic E-state index is 11.9. The summed E-state index contributed by atoms with van der Waals surface area (Å²) in [5.74, 6) is -0.536. The van der Waals surface area contributed by atoms with Crippen LogP contribution in [-0.4, -0.2) is 16.9 Å². The zero-order valence-electron chi connectivity index (χ0n) is 15.6. The molecule has 0 radical (unpaired) electrons. The molecule has 4 nitrogen and oxygen atoms in total. The van der Waals surface area contributed by atoms with Crippen LogP contribution in [0.2, 0.25) is 0 Å². The summed E-state index contributed by atoms with van der Waals surface area (Å²) < 4.78 is 0. The van der Waals surface area contributed by atoms with Crippen molar-refractivity contribution in [2.24, 2.45) is 0 Å². The van der Waals surface area contributed by atoms with Gasteiger partial charge in [-0.2, -0.15) is 0 Å². The molecule has 1 rings (SSSR count). The van der Waals surface area contributed by atoms with Crippen LogP contribution in [0.1, 0.15) is 94.3 Å². The molecule has 0 aliphatic heterocycles. The Hall–Kier alpha value is -1.84. The van der Waals surface area contributed by atoms with Gasteiger partial charge in [0.05, 0.1) is 0 Å². The van der Waals surface area contributed by atoms with E-state index in [9.17, 15) is 14.7 Å². The van der Waals surface area contributed by atoms with E-state index in [4.69, 9.17) is 0 Å². The van der Waals surface area contributed by atoms with Gasteiger partial charge in [-0.1, -0.05) is 71.1 Å². The Kier molecular flexibility index (Phi) is 11.4. The first-order valence-electron chi connectivity index (χ1n) is 9.76. The van der Waals surface area contributed by atoms with Crippen molar-refractivity contribution in [1.82, 2.24) is 5.32 Å². The number of aromatic hydroxyl groups is 1. The van der Waals surface area contributed by atoms with Crippen molar-refractivity contribution in [1.29, 1.82) is 0 Å². The monoisotopic (exact) mass is 347 g/mol. The summed E-state index contributed by atoms with van der Waals surface area (Å²) in [4.78, 5) is 23.6. The van der Waals surface area contributed by atoms with E-state index in [1.165, 1.54) is 75.6 Å². The first-order chi connectivity index (χ1) is 12.1. The van der Waals surface area contributed by atoms with E-state index in [1.54, 1.807) is 0 Å². The van der Waals surface area contributed by atoms with Crippen LogP contribution >= 0.6 is 0 Å². The topological polar surface area (TPSA) is 66.4 Å². The van der Waals surface area contributed by atoms with E-state index in [-0.39, 0.29) is 11.7 Å².